The third kappa shape index (κ3) is 3.38. The van der Waals surface area contributed by atoms with Crippen LogP contribution in [0.3, 0.4) is 0 Å². The molecular formula is C16H16FIN4O4. The van der Waals surface area contributed by atoms with Gasteiger partial charge in [0.25, 0.3) is 11.5 Å². The highest BCUT2D eigenvalue weighted by molar-refractivity contribution is 14.1. The first-order chi connectivity index (χ1) is 12.3. The standard InChI is InChI=1S/C16H16FIN4O4/c1-21-13(20-11-4-3-8(18)5-10(11)17)12(15(24)22(2)16(21)25)14(23)19-9-6-26-7-9/h3-5,9,20H,6-7H2,1-2H3,(H,19,23). The van der Waals surface area contributed by atoms with Gasteiger partial charge in [0, 0.05) is 17.7 Å². The predicted molar refractivity (Wildman–Crippen MR) is 101 cm³/mol. The van der Waals surface area contributed by atoms with Crippen LogP contribution in [0.25, 0.3) is 0 Å². The van der Waals surface area contributed by atoms with Crippen molar-refractivity contribution >= 4 is 40.0 Å². The number of ether oxygens (including phenoxy) is 1. The van der Waals surface area contributed by atoms with Crippen molar-refractivity contribution < 1.29 is 13.9 Å². The summed E-state index contributed by atoms with van der Waals surface area (Å²) in [5, 5.41) is 5.38. The fourth-order valence-electron chi connectivity index (χ4n) is 2.49. The number of nitrogens with zero attached hydrogens (tertiary/aromatic N) is 2. The van der Waals surface area contributed by atoms with Gasteiger partial charge in [0.2, 0.25) is 0 Å². The summed E-state index contributed by atoms with van der Waals surface area (Å²) in [6, 6.07) is 4.23. The number of hydrogen-bond donors (Lipinski definition) is 2. The molecule has 0 saturated carbocycles. The molecule has 1 fully saturated rings. The summed E-state index contributed by atoms with van der Waals surface area (Å²) >= 11 is 1.96. The Morgan fingerprint density at radius 1 is 1.27 bits per heavy atom. The molecule has 2 aromatic rings. The minimum atomic E-state index is -0.765. The van der Waals surface area contributed by atoms with Crippen LogP contribution in [0.15, 0.2) is 27.8 Å². The number of anilines is 2. The molecule has 0 bridgehead atoms. The van der Waals surface area contributed by atoms with E-state index in [2.05, 4.69) is 10.6 Å². The number of benzene rings is 1. The summed E-state index contributed by atoms with van der Waals surface area (Å²) in [4.78, 5) is 37.4. The largest absolute Gasteiger partial charge is 0.377 e. The van der Waals surface area contributed by atoms with Crippen molar-refractivity contribution in [2.75, 3.05) is 18.5 Å². The van der Waals surface area contributed by atoms with Crippen molar-refractivity contribution in [1.82, 2.24) is 14.5 Å². The van der Waals surface area contributed by atoms with E-state index >= 15 is 0 Å². The van der Waals surface area contributed by atoms with Crippen LogP contribution >= 0.6 is 22.6 Å². The lowest BCUT2D eigenvalue weighted by molar-refractivity contribution is -0.00349. The van der Waals surface area contributed by atoms with Crippen LogP contribution in [0.1, 0.15) is 10.4 Å². The fourth-order valence-corrected chi connectivity index (χ4v) is 2.94. The van der Waals surface area contributed by atoms with E-state index in [1.165, 1.54) is 26.2 Å². The molecule has 0 atom stereocenters. The lowest BCUT2D eigenvalue weighted by Crippen LogP contribution is -2.51. The van der Waals surface area contributed by atoms with E-state index in [9.17, 15) is 18.8 Å². The Morgan fingerprint density at radius 2 is 1.96 bits per heavy atom. The van der Waals surface area contributed by atoms with Crippen LogP contribution in [-0.2, 0) is 18.8 Å². The Balaban J connectivity index is 2.11. The Labute approximate surface area is 161 Å². The molecule has 2 N–H and O–H groups in total. The van der Waals surface area contributed by atoms with Crippen LogP contribution < -0.4 is 21.9 Å². The quantitative estimate of drug-likeness (QED) is 0.637. The van der Waals surface area contributed by atoms with Gasteiger partial charge in [0.1, 0.15) is 17.2 Å². The highest BCUT2D eigenvalue weighted by Gasteiger charge is 2.27. The monoisotopic (exact) mass is 474 g/mol. The predicted octanol–water partition coefficient (Wildman–Crippen LogP) is 0.700. The summed E-state index contributed by atoms with van der Waals surface area (Å²) in [5.74, 6) is -1.29. The first-order valence-electron chi connectivity index (χ1n) is 7.70. The molecule has 1 aliphatic rings. The van der Waals surface area contributed by atoms with Gasteiger partial charge in [-0.2, -0.15) is 0 Å². The number of amides is 1. The van der Waals surface area contributed by atoms with E-state index in [1.807, 2.05) is 22.6 Å². The highest BCUT2D eigenvalue weighted by Crippen LogP contribution is 2.22. The van der Waals surface area contributed by atoms with Gasteiger partial charge in [0.05, 0.1) is 24.9 Å². The van der Waals surface area contributed by atoms with Crippen LogP contribution in [0.4, 0.5) is 15.9 Å². The molecular weight excluding hydrogens is 458 g/mol. The van der Waals surface area contributed by atoms with Gasteiger partial charge in [-0.15, -0.1) is 0 Å². The topological polar surface area (TPSA) is 94.4 Å². The van der Waals surface area contributed by atoms with Crippen molar-refractivity contribution in [3.05, 3.63) is 54.0 Å². The van der Waals surface area contributed by atoms with E-state index in [-0.39, 0.29) is 23.1 Å². The molecule has 1 amide bonds. The molecule has 26 heavy (non-hydrogen) atoms. The Bertz CT molecular complexity index is 997. The maximum Gasteiger partial charge on any atom is 0.332 e. The van der Waals surface area contributed by atoms with Gasteiger partial charge < -0.3 is 15.4 Å². The van der Waals surface area contributed by atoms with Gasteiger partial charge in [-0.05, 0) is 40.8 Å². The molecule has 1 aromatic carbocycles. The van der Waals surface area contributed by atoms with E-state index in [0.717, 1.165) is 9.13 Å². The first-order valence-corrected chi connectivity index (χ1v) is 8.78. The summed E-state index contributed by atoms with van der Waals surface area (Å²) in [6.07, 6.45) is 0. The normalized spacial score (nSPS) is 14.0. The number of carbonyl (C=O) groups excluding carboxylic acids is 1. The highest BCUT2D eigenvalue weighted by atomic mass is 127. The van der Waals surface area contributed by atoms with Crippen molar-refractivity contribution in [3.8, 4) is 0 Å². The second-order valence-electron chi connectivity index (χ2n) is 5.89. The molecule has 0 spiro atoms. The zero-order valence-corrected chi connectivity index (χ0v) is 16.2. The van der Waals surface area contributed by atoms with E-state index in [4.69, 9.17) is 4.74 Å². The van der Waals surface area contributed by atoms with Gasteiger partial charge in [0.15, 0.2) is 0 Å². The Morgan fingerprint density at radius 3 is 2.54 bits per heavy atom. The summed E-state index contributed by atoms with van der Waals surface area (Å²) in [7, 11) is 2.68. The van der Waals surface area contributed by atoms with Crippen molar-refractivity contribution in [2.24, 2.45) is 14.1 Å². The second kappa shape index (κ2) is 7.19. The average Bonchev–Trinajstić information content (AvgIpc) is 2.56. The maximum absolute atomic E-state index is 14.2. The van der Waals surface area contributed by atoms with Crippen molar-refractivity contribution in [3.63, 3.8) is 0 Å². The molecule has 0 unspecified atom stereocenters. The fraction of sp³-hybridized carbons (Fsp3) is 0.312. The lowest BCUT2D eigenvalue weighted by Gasteiger charge is -2.27. The van der Waals surface area contributed by atoms with Crippen LogP contribution in [-0.4, -0.2) is 34.3 Å². The molecule has 1 aliphatic heterocycles. The zero-order chi connectivity index (χ0) is 19.0. The number of rotatable bonds is 4. The van der Waals surface area contributed by atoms with Crippen molar-refractivity contribution in [2.45, 2.75) is 6.04 Å². The van der Waals surface area contributed by atoms with Gasteiger partial charge >= 0.3 is 5.69 Å². The molecule has 138 valence electrons. The molecule has 3 rings (SSSR count). The molecule has 0 aliphatic carbocycles. The molecule has 1 aromatic heterocycles. The Kier molecular flexibility index (Phi) is 5.14. The summed E-state index contributed by atoms with van der Waals surface area (Å²) in [5.41, 5.74) is -1.61. The molecule has 10 heteroatoms. The van der Waals surface area contributed by atoms with Crippen LogP contribution in [0.2, 0.25) is 0 Å². The number of aromatic nitrogens is 2. The molecule has 8 nitrogen and oxygen atoms in total. The third-order valence-electron chi connectivity index (χ3n) is 4.05. The van der Waals surface area contributed by atoms with E-state index in [1.54, 1.807) is 6.07 Å². The average molecular weight is 474 g/mol. The number of nitrogens with one attached hydrogen (secondary N) is 2. The van der Waals surface area contributed by atoms with Gasteiger partial charge in [-0.3, -0.25) is 18.7 Å². The number of halogens is 2. The maximum atomic E-state index is 14.2. The Hall–Kier alpha value is -2.21. The second-order valence-corrected chi connectivity index (χ2v) is 7.13. The first kappa shape index (κ1) is 18.6. The molecule has 1 saturated heterocycles. The van der Waals surface area contributed by atoms with E-state index < -0.39 is 23.0 Å². The van der Waals surface area contributed by atoms with Crippen LogP contribution in [0.5, 0.6) is 0 Å². The third-order valence-corrected chi connectivity index (χ3v) is 4.72. The summed E-state index contributed by atoms with van der Waals surface area (Å²) in [6.45, 7) is 0.707. The molecule has 0 radical (unpaired) electrons. The van der Waals surface area contributed by atoms with E-state index in [0.29, 0.717) is 16.8 Å². The zero-order valence-electron chi connectivity index (χ0n) is 14.0. The van der Waals surface area contributed by atoms with Crippen molar-refractivity contribution in [1.29, 1.82) is 0 Å². The minimum Gasteiger partial charge on any atom is -0.377 e. The van der Waals surface area contributed by atoms with Crippen LogP contribution in [0, 0.1) is 9.39 Å². The van der Waals surface area contributed by atoms with Gasteiger partial charge in [-0.1, -0.05) is 0 Å². The SMILES string of the molecule is Cn1c(Nc2ccc(I)cc2F)c(C(=O)NC2COC2)c(=O)n(C)c1=O. The molecule has 2 heterocycles. The number of carbonyl (C=O) groups is 1. The summed E-state index contributed by atoms with van der Waals surface area (Å²) < 4.78 is 21.8. The smallest absolute Gasteiger partial charge is 0.332 e. The minimum absolute atomic E-state index is 0.0506. The van der Waals surface area contributed by atoms with Gasteiger partial charge in [-0.25, -0.2) is 9.18 Å². The lowest BCUT2D eigenvalue weighted by atomic mass is 10.2. The number of hydrogen-bond acceptors (Lipinski definition) is 5.